The van der Waals surface area contributed by atoms with Gasteiger partial charge in [-0.1, -0.05) is 51.4 Å². The van der Waals surface area contributed by atoms with Gasteiger partial charge in [0, 0.05) is 21.8 Å². The summed E-state index contributed by atoms with van der Waals surface area (Å²) in [7, 11) is 1.68. The fourth-order valence-corrected chi connectivity index (χ4v) is 4.27. The molecule has 1 heterocycles. The SMILES string of the molecule is COc1cc(C)c(C=C2C(=O)Nc3ccc(Cl)cc32)cc1C(C)C.Cc1ccc(C(C)C)c(O)c1. The first-order chi connectivity index (χ1) is 16.5. The normalized spacial score (nSPS) is 13.5. The first kappa shape index (κ1) is 26.4. The Morgan fingerprint density at radius 2 is 1.63 bits per heavy atom. The molecule has 1 amide bonds. The van der Waals surface area contributed by atoms with Gasteiger partial charge >= 0.3 is 0 Å². The molecule has 1 aliphatic heterocycles. The van der Waals surface area contributed by atoms with E-state index < -0.39 is 0 Å². The molecule has 0 spiro atoms. The number of anilines is 1. The van der Waals surface area contributed by atoms with E-state index in [0.29, 0.717) is 28.2 Å². The van der Waals surface area contributed by atoms with Crippen molar-refractivity contribution < 1.29 is 14.6 Å². The summed E-state index contributed by atoms with van der Waals surface area (Å²) in [6.45, 7) is 12.4. The van der Waals surface area contributed by atoms with E-state index in [2.05, 4.69) is 39.1 Å². The Morgan fingerprint density at radius 1 is 0.943 bits per heavy atom. The second-order valence-corrected chi connectivity index (χ2v) is 9.96. The number of nitrogens with one attached hydrogen (secondary N) is 1. The number of benzene rings is 3. The lowest BCUT2D eigenvalue weighted by Crippen LogP contribution is -2.04. The van der Waals surface area contributed by atoms with Crippen LogP contribution in [0, 0.1) is 13.8 Å². The van der Waals surface area contributed by atoms with Crippen molar-refractivity contribution in [1.29, 1.82) is 0 Å². The summed E-state index contributed by atoms with van der Waals surface area (Å²) in [6.07, 6.45) is 1.93. The standard InChI is InChI=1S/C20H20ClNO2.C10H14O/c1-11(2)15-8-13(12(3)7-19(15)24-4)9-17-16-10-14(21)5-6-18(16)22-20(17)23;1-7(2)9-5-4-8(3)6-10(9)11/h5-11H,1-4H3,(H,22,23);4-7,11H,1-3H3. The lowest BCUT2D eigenvalue weighted by atomic mass is 9.94. The van der Waals surface area contributed by atoms with E-state index in [-0.39, 0.29) is 5.91 Å². The fraction of sp³-hybridized carbons (Fsp3) is 0.300. The number of phenolic OH excluding ortho intramolecular Hbond substituents is 1. The van der Waals surface area contributed by atoms with Crippen LogP contribution < -0.4 is 10.1 Å². The van der Waals surface area contributed by atoms with Crippen LogP contribution in [0.25, 0.3) is 11.6 Å². The maximum absolute atomic E-state index is 12.4. The van der Waals surface area contributed by atoms with Crippen LogP contribution in [0.2, 0.25) is 5.02 Å². The highest BCUT2D eigenvalue weighted by Crippen LogP contribution is 2.37. The molecule has 1 aliphatic rings. The van der Waals surface area contributed by atoms with Crippen molar-refractivity contribution in [1.82, 2.24) is 0 Å². The van der Waals surface area contributed by atoms with Crippen molar-refractivity contribution in [3.63, 3.8) is 0 Å². The van der Waals surface area contributed by atoms with Gasteiger partial charge in [-0.25, -0.2) is 0 Å². The zero-order valence-corrected chi connectivity index (χ0v) is 22.2. The van der Waals surface area contributed by atoms with Crippen molar-refractivity contribution in [3.8, 4) is 11.5 Å². The molecular formula is C30H34ClNO3. The lowest BCUT2D eigenvalue weighted by molar-refractivity contribution is -0.110. The number of aryl methyl sites for hydroxylation is 2. The Hall–Kier alpha value is -3.24. The number of halogens is 1. The van der Waals surface area contributed by atoms with Gasteiger partial charge in [-0.2, -0.15) is 0 Å². The Balaban J connectivity index is 0.000000261. The van der Waals surface area contributed by atoms with Gasteiger partial charge in [-0.05, 0) is 96.0 Å². The second kappa shape index (κ2) is 11.0. The topological polar surface area (TPSA) is 58.6 Å². The van der Waals surface area contributed by atoms with Gasteiger partial charge in [-0.3, -0.25) is 4.79 Å². The van der Waals surface area contributed by atoms with Crippen molar-refractivity contribution >= 4 is 34.8 Å². The highest BCUT2D eigenvalue weighted by atomic mass is 35.5. The van der Waals surface area contributed by atoms with Crippen molar-refractivity contribution in [3.05, 3.63) is 86.9 Å². The molecule has 0 unspecified atom stereocenters. The highest BCUT2D eigenvalue weighted by molar-refractivity contribution is 6.36. The van der Waals surface area contributed by atoms with Crippen molar-refractivity contribution in [2.45, 2.75) is 53.4 Å². The number of aromatic hydroxyl groups is 1. The largest absolute Gasteiger partial charge is 0.508 e. The van der Waals surface area contributed by atoms with E-state index >= 15 is 0 Å². The molecule has 2 N–H and O–H groups in total. The minimum atomic E-state index is -0.103. The number of carbonyl (C=O) groups is 1. The Labute approximate surface area is 213 Å². The van der Waals surface area contributed by atoms with Gasteiger partial charge in [-0.15, -0.1) is 0 Å². The number of rotatable bonds is 4. The third-order valence-electron chi connectivity index (χ3n) is 6.11. The molecule has 0 saturated heterocycles. The molecule has 0 aromatic heterocycles. The van der Waals surface area contributed by atoms with Gasteiger partial charge in [0.05, 0.1) is 7.11 Å². The smallest absolute Gasteiger partial charge is 0.256 e. The van der Waals surface area contributed by atoms with E-state index in [1.807, 2.05) is 50.3 Å². The Kier molecular flexibility index (Phi) is 8.29. The monoisotopic (exact) mass is 491 g/mol. The van der Waals surface area contributed by atoms with Gasteiger partial charge in [0.15, 0.2) is 0 Å². The van der Waals surface area contributed by atoms with E-state index in [1.54, 1.807) is 19.2 Å². The maximum atomic E-state index is 12.4. The minimum absolute atomic E-state index is 0.103. The maximum Gasteiger partial charge on any atom is 0.256 e. The Morgan fingerprint density at radius 3 is 2.23 bits per heavy atom. The summed E-state index contributed by atoms with van der Waals surface area (Å²) in [5.74, 6) is 1.92. The third-order valence-corrected chi connectivity index (χ3v) is 6.35. The average Bonchev–Trinajstić information content (AvgIpc) is 3.09. The number of carbonyl (C=O) groups excluding carboxylic acids is 1. The predicted molar refractivity (Wildman–Crippen MR) is 147 cm³/mol. The molecule has 184 valence electrons. The molecule has 35 heavy (non-hydrogen) atoms. The average molecular weight is 492 g/mol. The summed E-state index contributed by atoms with van der Waals surface area (Å²) >= 11 is 6.09. The molecular weight excluding hydrogens is 458 g/mol. The zero-order chi connectivity index (χ0) is 25.9. The number of fused-ring (bicyclic) bond motifs is 1. The summed E-state index contributed by atoms with van der Waals surface area (Å²) in [5.41, 5.74) is 7.60. The van der Waals surface area contributed by atoms with Crippen molar-refractivity contribution in [2.75, 3.05) is 12.4 Å². The van der Waals surface area contributed by atoms with Gasteiger partial charge in [0.1, 0.15) is 11.5 Å². The van der Waals surface area contributed by atoms with E-state index in [9.17, 15) is 9.90 Å². The number of ether oxygens (including phenoxy) is 1. The number of hydrogen-bond acceptors (Lipinski definition) is 3. The number of methoxy groups -OCH3 is 1. The lowest BCUT2D eigenvalue weighted by Gasteiger charge is -2.15. The number of amides is 1. The zero-order valence-electron chi connectivity index (χ0n) is 21.5. The molecule has 4 rings (SSSR count). The summed E-state index contributed by atoms with van der Waals surface area (Å²) < 4.78 is 5.49. The molecule has 0 aliphatic carbocycles. The molecule has 3 aromatic carbocycles. The van der Waals surface area contributed by atoms with Crippen LogP contribution in [0.5, 0.6) is 11.5 Å². The van der Waals surface area contributed by atoms with Crippen LogP contribution in [0.15, 0.2) is 48.5 Å². The van der Waals surface area contributed by atoms with Crippen LogP contribution in [-0.4, -0.2) is 18.1 Å². The number of hydrogen-bond donors (Lipinski definition) is 2. The van der Waals surface area contributed by atoms with E-state index in [0.717, 1.165) is 44.8 Å². The van der Waals surface area contributed by atoms with Gasteiger partial charge < -0.3 is 15.2 Å². The van der Waals surface area contributed by atoms with Crippen LogP contribution >= 0.6 is 11.6 Å². The van der Waals surface area contributed by atoms with E-state index in [1.165, 1.54) is 0 Å². The molecule has 0 radical (unpaired) electrons. The molecule has 0 bridgehead atoms. The second-order valence-electron chi connectivity index (χ2n) is 9.52. The molecule has 4 nitrogen and oxygen atoms in total. The quantitative estimate of drug-likeness (QED) is 0.362. The summed E-state index contributed by atoms with van der Waals surface area (Å²) in [6, 6.07) is 15.4. The summed E-state index contributed by atoms with van der Waals surface area (Å²) in [5, 5.41) is 13.0. The van der Waals surface area contributed by atoms with Crippen LogP contribution in [0.4, 0.5) is 5.69 Å². The first-order valence-electron chi connectivity index (χ1n) is 11.8. The van der Waals surface area contributed by atoms with Gasteiger partial charge in [0.2, 0.25) is 0 Å². The Bertz CT molecular complexity index is 1270. The van der Waals surface area contributed by atoms with Gasteiger partial charge in [0.25, 0.3) is 5.91 Å². The fourth-order valence-electron chi connectivity index (χ4n) is 4.10. The number of phenols is 1. The summed E-state index contributed by atoms with van der Waals surface area (Å²) in [4.78, 5) is 12.4. The predicted octanol–water partition coefficient (Wildman–Crippen LogP) is 8.10. The first-order valence-corrected chi connectivity index (χ1v) is 12.2. The van der Waals surface area contributed by atoms with Crippen LogP contribution in [0.3, 0.4) is 0 Å². The molecule has 0 saturated carbocycles. The van der Waals surface area contributed by atoms with Crippen LogP contribution in [-0.2, 0) is 4.79 Å². The molecule has 5 heteroatoms. The molecule has 0 atom stereocenters. The van der Waals surface area contributed by atoms with Crippen LogP contribution in [0.1, 0.15) is 72.9 Å². The molecule has 3 aromatic rings. The highest BCUT2D eigenvalue weighted by Gasteiger charge is 2.24. The molecule has 0 fully saturated rings. The van der Waals surface area contributed by atoms with E-state index in [4.69, 9.17) is 16.3 Å². The third kappa shape index (κ3) is 6.07. The van der Waals surface area contributed by atoms with Crippen molar-refractivity contribution in [2.24, 2.45) is 0 Å². The minimum Gasteiger partial charge on any atom is -0.508 e.